The van der Waals surface area contributed by atoms with E-state index in [1.807, 2.05) is 0 Å². The lowest BCUT2D eigenvalue weighted by molar-refractivity contribution is -0.484. The molecule has 25 heavy (non-hydrogen) atoms. The molecule has 0 N–H and O–H groups in total. The molecule has 0 amide bonds. The first-order valence-corrected chi connectivity index (χ1v) is 5.17. The summed E-state index contributed by atoms with van der Waals surface area (Å²) in [6.07, 6.45) is -19.9. The predicted octanol–water partition coefficient (Wildman–Crippen LogP) is 3.88. The molecular formula is C8F14O3. The molecule has 0 radical (unpaired) electrons. The van der Waals surface area contributed by atoms with Crippen LogP contribution in [0.2, 0.25) is 0 Å². The van der Waals surface area contributed by atoms with Gasteiger partial charge in [0.05, 0.1) is 0 Å². The van der Waals surface area contributed by atoms with Crippen LogP contribution in [0, 0.1) is 0 Å². The van der Waals surface area contributed by atoms with Crippen molar-refractivity contribution < 1.29 is 75.7 Å². The van der Waals surface area contributed by atoms with Gasteiger partial charge < -0.3 is 0 Å². The third-order valence-electron chi connectivity index (χ3n) is 2.63. The maximum absolute atomic E-state index is 12.9. The minimum Gasteiger partial charge on any atom is -0.263 e. The molecule has 1 atom stereocenters. The van der Waals surface area contributed by atoms with Crippen LogP contribution < -0.4 is 0 Å². The Morgan fingerprint density at radius 3 is 1.44 bits per heavy atom. The van der Waals surface area contributed by atoms with Gasteiger partial charge in [0.1, 0.15) is 0 Å². The smallest absolute Gasteiger partial charge is 0.263 e. The minimum absolute atomic E-state index is 1.57. The second-order valence-corrected chi connectivity index (χ2v) is 4.35. The Kier molecular flexibility index (Phi) is 4.40. The molecule has 0 aliphatic carbocycles. The summed E-state index contributed by atoms with van der Waals surface area (Å²) in [5, 5.41) is 0. The second-order valence-electron chi connectivity index (χ2n) is 4.35. The number of alkyl halides is 13. The molecule has 1 saturated heterocycles. The fourth-order valence-corrected chi connectivity index (χ4v) is 1.17. The zero-order chi connectivity index (χ0) is 20.5. The molecule has 0 spiro atoms. The third kappa shape index (κ3) is 2.70. The zero-order valence-corrected chi connectivity index (χ0v) is 10.5. The van der Waals surface area contributed by atoms with Gasteiger partial charge in [-0.3, -0.25) is 9.53 Å². The lowest BCUT2D eigenvalue weighted by Gasteiger charge is -2.35. The Morgan fingerprint density at radius 1 is 0.800 bits per heavy atom. The highest BCUT2D eigenvalue weighted by Gasteiger charge is 2.93. The second kappa shape index (κ2) is 5.08. The predicted molar refractivity (Wildman–Crippen MR) is 41.8 cm³/mol. The molecule has 148 valence electrons. The van der Waals surface area contributed by atoms with Crippen LogP contribution in [-0.4, -0.2) is 48.0 Å². The number of halogens is 14. The molecule has 1 heterocycles. The van der Waals surface area contributed by atoms with Gasteiger partial charge in [0, 0.05) is 0 Å². The number of carbonyl (C=O) groups excluding carboxylic acids is 1. The van der Waals surface area contributed by atoms with Crippen LogP contribution in [0.3, 0.4) is 0 Å². The summed E-state index contributed by atoms with van der Waals surface area (Å²) in [6, 6.07) is -4.57. The molecule has 1 unspecified atom stereocenters. The molecule has 0 saturated carbocycles. The van der Waals surface area contributed by atoms with Crippen LogP contribution in [0.4, 0.5) is 61.5 Å². The van der Waals surface area contributed by atoms with Crippen molar-refractivity contribution in [2.45, 2.75) is 41.9 Å². The Labute approximate surface area is 125 Å². The zero-order valence-electron chi connectivity index (χ0n) is 10.5. The van der Waals surface area contributed by atoms with Gasteiger partial charge in [-0.05, 0) is 0 Å². The highest BCUT2D eigenvalue weighted by Crippen LogP contribution is 2.63. The van der Waals surface area contributed by atoms with Gasteiger partial charge in [0.15, 0.2) is 0 Å². The van der Waals surface area contributed by atoms with E-state index in [2.05, 4.69) is 4.74 Å². The quantitative estimate of drug-likeness (QED) is 0.364. The minimum atomic E-state index is -7.81. The summed E-state index contributed by atoms with van der Waals surface area (Å²) in [5.74, 6) is -28.5. The van der Waals surface area contributed by atoms with E-state index in [4.69, 9.17) is 0 Å². The van der Waals surface area contributed by atoms with Crippen molar-refractivity contribution in [1.29, 1.82) is 0 Å². The van der Waals surface area contributed by atoms with Gasteiger partial charge >= 0.3 is 48.0 Å². The van der Waals surface area contributed by atoms with E-state index < -0.39 is 48.0 Å². The highest BCUT2D eigenvalue weighted by atomic mass is 19.4. The number of hydrogen-bond acceptors (Lipinski definition) is 3. The maximum Gasteiger partial charge on any atom is 0.430 e. The fraction of sp³-hybridized carbons (Fsp3) is 0.875. The van der Waals surface area contributed by atoms with Gasteiger partial charge in [-0.2, -0.15) is 61.5 Å². The normalized spacial score (nSPS) is 25.0. The fourth-order valence-electron chi connectivity index (χ4n) is 1.17. The monoisotopic (exact) mass is 410 g/mol. The van der Waals surface area contributed by atoms with E-state index >= 15 is 0 Å². The van der Waals surface area contributed by atoms with E-state index in [9.17, 15) is 66.3 Å². The van der Waals surface area contributed by atoms with Gasteiger partial charge in [-0.15, -0.1) is 0 Å². The van der Waals surface area contributed by atoms with Crippen LogP contribution in [0.15, 0.2) is 0 Å². The first-order valence-electron chi connectivity index (χ1n) is 5.17. The largest absolute Gasteiger partial charge is 0.430 e. The Hall–Kier alpha value is -1.39. The molecule has 0 aromatic rings. The van der Waals surface area contributed by atoms with Crippen molar-refractivity contribution in [2.75, 3.05) is 0 Å². The summed E-state index contributed by atoms with van der Waals surface area (Å²) >= 11 is 0. The van der Waals surface area contributed by atoms with Crippen LogP contribution in [0.5, 0.6) is 0 Å². The van der Waals surface area contributed by atoms with E-state index in [-0.39, 0.29) is 0 Å². The molecule has 0 aromatic heterocycles. The van der Waals surface area contributed by atoms with E-state index in [1.54, 1.807) is 4.74 Å². The summed E-state index contributed by atoms with van der Waals surface area (Å²) < 4.78 is 180. The number of carbonyl (C=O) groups is 1. The average molecular weight is 410 g/mol. The molecule has 1 aliphatic heterocycles. The number of epoxide rings is 1. The molecule has 0 bridgehead atoms. The van der Waals surface area contributed by atoms with E-state index in [0.29, 0.717) is 0 Å². The van der Waals surface area contributed by atoms with Crippen molar-refractivity contribution in [3.63, 3.8) is 0 Å². The van der Waals surface area contributed by atoms with E-state index in [1.165, 1.54) is 0 Å². The average Bonchev–Trinajstić information content (AvgIpc) is 2.88. The third-order valence-corrected chi connectivity index (χ3v) is 2.63. The lowest BCUT2D eigenvalue weighted by Crippen LogP contribution is -2.66. The summed E-state index contributed by atoms with van der Waals surface area (Å²) in [5.41, 5.74) is 0. The summed E-state index contributed by atoms with van der Waals surface area (Å²) in [4.78, 5) is 9.58. The van der Waals surface area contributed by atoms with Crippen molar-refractivity contribution in [1.82, 2.24) is 0 Å². The molecule has 3 nitrogen and oxygen atoms in total. The SMILES string of the molecule is O=C(F)C(F)(F)C(F)(F)C(F)(F)C(F)(F)OC(F)(F)C1(F)OC1(F)F. The van der Waals surface area contributed by atoms with E-state index in [0.717, 1.165) is 0 Å². The number of ether oxygens (including phenoxy) is 2. The Morgan fingerprint density at radius 2 is 1.16 bits per heavy atom. The highest BCUT2D eigenvalue weighted by molar-refractivity contribution is 5.78. The van der Waals surface area contributed by atoms with Crippen LogP contribution in [0.1, 0.15) is 0 Å². The van der Waals surface area contributed by atoms with Crippen LogP contribution >= 0.6 is 0 Å². The van der Waals surface area contributed by atoms with Crippen molar-refractivity contribution in [2.24, 2.45) is 0 Å². The molecule has 17 heteroatoms. The van der Waals surface area contributed by atoms with Crippen LogP contribution in [-0.2, 0) is 14.3 Å². The van der Waals surface area contributed by atoms with Gasteiger partial charge in [-0.25, -0.2) is 4.74 Å². The first-order chi connectivity index (χ1) is 10.6. The molecule has 1 fully saturated rings. The van der Waals surface area contributed by atoms with Crippen molar-refractivity contribution in [3.8, 4) is 0 Å². The standard InChI is InChI=1S/C8F14O3/c9-1(23)2(10,11)3(12,13)4(14,15)6(17,18)25-8(21,22)5(16)7(19,20)24-5. The van der Waals surface area contributed by atoms with Gasteiger partial charge in [-0.1, -0.05) is 0 Å². The van der Waals surface area contributed by atoms with Crippen molar-refractivity contribution in [3.05, 3.63) is 0 Å². The number of rotatable bonds is 7. The summed E-state index contributed by atoms with van der Waals surface area (Å²) in [7, 11) is 0. The molecule has 0 aromatic carbocycles. The van der Waals surface area contributed by atoms with Crippen LogP contribution in [0.25, 0.3) is 0 Å². The first kappa shape index (κ1) is 21.7. The lowest BCUT2D eigenvalue weighted by atomic mass is 10.0. The molecular weight excluding hydrogens is 410 g/mol. The topological polar surface area (TPSA) is 38.8 Å². The maximum atomic E-state index is 12.9. The van der Waals surface area contributed by atoms with Gasteiger partial charge in [0.2, 0.25) is 0 Å². The number of hydrogen-bond donors (Lipinski definition) is 0. The Bertz CT molecular complexity index is 570. The van der Waals surface area contributed by atoms with Gasteiger partial charge in [0.25, 0.3) is 0 Å². The summed E-state index contributed by atoms with van der Waals surface area (Å²) in [6.45, 7) is 0. The van der Waals surface area contributed by atoms with Crippen molar-refractivity contribution >= 4 is 6.04 Å². The molecule has 1 rings (SSSR count). The Balaban J connectivity index is 3.26. The molecule has 1 aliphatic rings.